The van der Waals surface area contributed by atoms with Crippen molar-refractivity contribution in [3.8, 4) is 0 Å². The van der Waals surface area contributed by atoms with E-state index in [0.29, 0.717) is 0 Å². The van der Waals surface area contributed by atoms with Gasteiger partial charge in [-0.15, -0.1) is 0 Å². The number of nitrogens with zero attached hydrogens (tertiary/aromatic N) is 1. The van der Waals surface area contributed by atoms with Crippen molar-refractivity contribution >= 4 is 11.9 Å². The Kier molecular flexibility index (Phi) is 4.84. The van der Waals surface area contributed by atoms with Crippen LogP contribution in [0.1, 0.15) is 44.9 Å². The van der Waals surface area contributed by atoms with Gasteiger partial charge in [-0.05, 0) is 32.1 Å². The average molecular weight is 253 g/mol. The molecule has 0 spiro atoms. The fourth-order valence-electron chi connectivity index (χ4n) is 2.59. The summed E-state index contributed by atoms with van der Waals surface area (Å²) in [5, 5.41) is 5.72. The zero-order valence-electron chi connectivity index (χ0n) is 10.9. The third kappa shape index (κ3) is 3.62. The van der Waals surface area contributed by atoms with Gasteiger partial charge in [0.2, 0.25) is 5.91 Å². The summed E-state index contributed by atoms with van der Waals surface area (Å²) in [6.45, 7) is 2.37. The van der Waals surface area contributed by atoms with Crippen LogP contribution >= 0.6 is 0 Å². The lowest BCUT2D eigenvalue weighted by atomic mass is 10.1. The predicted molar refractivity (Wildman–Crippen MR) is 69.2 cm³/mol. The van der Waals surface area contributed by atoms with E-state index in [4.69, 9.17) is 0 Å². The minimum Gasteiger partial charge on any atom is -0.354 e. The molecule has 0 aromatic heterocycles. The zero-order valence-corrected chi connectivity index (χ0v) is 10.9. The monoisotopic (exact) mass is 253 g/mol. The van der Waals surface area contributed by atoms with E-state index in [1.807, 2.05) is 4.90 Å². The first kappa shape index (κ1) is 13.2. The Balaban J connectivity index is 1.86. The number of urea groups is 1. The summed E-state index contributed by atoms with van der Waals surface area (Å²) in [5.41, 5.74) is 0. The van der Waals surface area contributed by atoms with Crippen LogP contribution in [-0.4, -0.2) is 42.5 Å². The van der Waals surface area contributed by atoms with Gasteiger partial charge in [0.15, 0.2) is 0 Å². The molecule has 0 radical (unpaired) electrons. The molecule has 0 aliphatic carbocycles. The maximum Gasteiger partial charge on any atom is 0.318 e. The third-order valence-corrected chi connectivity index (χ3v) is 3.73. The van der Waals surface area contributed by atoms with E-state index >= 15 is 0 Å². The first-order valence-electron chi connectivity index (χ1n) is 7.10. The highest BCUT2D eigenvalue weighted by Gasteiger charge is 2.24. The largest absolute Gasteiger partial charge is 0.354 e. The van der Waals surface area contributed by atoms with E-state index in [9.17, 15) is 9.59 Å². The number of nitrogens with one attached hydrogen (secondary N) is 2. The average Bonchev–Trinajstić information content (AvgIpc) is 2.73. The first-order chi connectivity index (χ1) is 8.77. The molecule has 2 heterocycles. The van der Waals surface area contributed by atoms with Crippen molar-refractivity contribution in [2.75, 3.05) is 19.6 Å². The zero-order chi connectivity index (χ0) is 12.8. The minimum atomic E-state index is -0.344. The van der Waals surface area contributed by atoms with Crippen LogP contribution in [-0.2, 0) is 4.79 Å². The highest BCUT2D eigenvalue weighted by Crippen LogP contribution is 2.11. The Hall–Kier alpha value is -1.26. The second-order valence-corrected chi connectivity index (χ2v) is 5.19. The van der Waals surface area contributed by atoms with Crippen molar-refractivity contribution in [3.63, 3.8) is 0 Å². The number of carbonyl (C=O) groups excluding carboxylic acids is 2. The quantitative estimate of drug-likeness (QED) is 0.738. The highest BCUT2D eigenvalue weighted by molar-refractivity contribution is 5.87. The number of amides is 3. The molecule has 2 fully saturated rings. The first-order valence-corrected chi connectivity index (χ1v) is 7.10. The summed E-state index contributed by atoms with van der Waals surface area (Å²) in [7, 11) is 0. The Morgan fingerprint density at radius 1 is 1.11 bits per heavy atom. The molecule has 2 rings (SSSR count). The van der Waals surface area contributed by atoms with Crippen LogP contribution in [0.15, 0.2) is 0 Å². The van der Waals surface area contributed by atoms with Gasteiger partial charge in [-0.2, -0.15) is 0 Å². The molecular formula is C13H23N3O2. The van der Waals surface area contributed by atoms with Crippen molar-refractivity contribution in [2.24, 2.45) is 0 Å². The van der Waals surface area contributed by atoms with Crippen molar-refractivity contribution in [2.45, 2.75) is 51.0 Å². The fourth-order valence-corrected chi connectivity index (χ4v) is 2.59. The number of rotatable bonds is 1. The SMILES string of the molecule is O=C1NCCCC[C@@H]1NC(=O)N1CCCCCC1. The molecule has 0 aromatic carbocycles. The topological polar surface area (TPSA) is 61.4 Å². The van der Waals surface area contributed by atoms with Gasteiger partial charge < -0.3 is 15.5 Å². The van der Waals surface area contributed by atoms with Crippen LogP contribution in [0.2, 0.25) is 0 Å². The van der Waals surface area contributed by atoms with Crippen LogP contribution in [0.3, 0.4) is 0 Å². The molecule has 0 bridgehead atoms. The van der Waals surface area contributed by atoms with Gasteiger partial charge in [0, 0.05) is 19.6 Å². The summed E-state index contributed by atoms with van der Waals surface area (Å²) >= 11 is 0. The van der Waals surface area contributed by atoms with Crippen LogP contribution in [0.25, 0.3) is 0 Å². The molecule has 0 unspecified atom stereocenters. The van der Waals surface area contributed by atoms with Crippen molar-refractivity contribution in [3.05, 3.63) is 0 Å². The van der Waals surface area contributed by atoms with E-state index in [2.05, 4.69) is 10.6 Å². The van der Waals surface area contributed by atoms with Crippen molar-refractivity contribution in [1.29, 1.82) is 0 Å². The van der Waals surface area contributed by atoms with E-state index in [1.54, 1.807) is 0 Å². The van der Waals surface area contributed by atoms with Gasteiger partial charge in [-0.1, -0.05) is 12.8 Å². The van der Waals surface area contributed by atoms with E-state index in [1.165, 1.54) is 12.8 Å². The van der Waals surface area contributed by atoms with Crippen LogP contribution in [0, 0.1) is 0 Å². The third-order valence-electron chi connectivity index (χ3n) is 3.73. The van der Waals surface area contributed by atoms with Crippen LogP contribution < -0.4 is 10.6 Å². The van der Waals surface area contributed by atoms with Crippen LogP contribution in [0.4, 0.5) is 4.79 Å². The summed E-state index contributed by atoms with van der Waals surface area (Å²) in [5.74, 6) is -0.0318. The predicted octanol–water partition coefficient (Wildman–Crippen LogP) is 1.24. The molecule has 2 N–H and O–H groups in total. The van der Waals surface area contributed by atoms with Crippen molar-refractivity contribution < 1.29 is 9.59 Å². The number of carbonyl (C=O) groups is 2. The van der Waals surface area contributed by atoms with Gasteiger partial charge in [0.25, 0.3) is 0 Å². The lowest BCUT2D eigenvalue weighted by Crippen LogP contribution is -2.50. The molecule has 2 aliphatic rings. The summed E-state index contributed by atoms with van der Waals surface area (Å²) in [4.78, 5) is 25.7. The minimum absolute atomic E-state index is 0.0318. The second-order valence-electron chi connectivity index (χ2n) is 5.19. The molecule has 3 amide bonds. The highest BCUT2D eigenvalue weighted by atomic mass is 16.2. The molecule has 0 saturated carbocycles. The van der Waals surface area contributed by atoms with Crippen LogP contribution in [0.5, 0.6) is 0 Å². The molecule has 1 atom stereocenters. The molecular weight excluding hydrogens is 230 g/mol. The molecule has 2 aliphatic heterocycles. The van der Waals surface area contributed by atoms with E-state index in [-0.39, 0.29) is 18.0 Å². The Morgan fingerprint density at radius 3 is 2.56 bits per heavy atom. The molecule has 18 heavy (non-hydrogen) atoms. The Labute approximate surface area is 108 Å². The lowest BCUT2D eigenvalue weighted by Gasteiger charge is -2.24. The van der Waals surface area contributed by atoms with Gasteiger partial charge in [0.05, 0.1) is 0 Å². The smallest absolute Gasteiger partial charge is 0.318 e. The summed E-state index contributed by atoms with van der Waals surface area (Å²) < 4.78 is 0. The fraction of sp³-hybridized carbons (Fsp3) is 0.846. The van der Waals surface area contributed by atoms with Gasteiger partial charge in [-0.3, -0.25) is 4.79 Å². The molecule has 2 saturated heterocycles. The Bertz CT molecular complexity index is 299. The number of hydrogen-bond donors (Lipinski definition) is 2. The van der Waals surface area contributed by atoms with E-state index in [0.717, 1.165) is 51.7 Å². The molecule has 102 valence electrons. The van der Waals surface area contributed by atoms with Gasteiger partial charge >= 0.3 is 6.03 Å². The molecule has 5 heteroatoms. The van der Waals surface area contributed by atoms with Gasteiger partial charge in [-0.25, -0.2) is 4.79 Å². The van der Waals surface area contributed by atoms with E-state index < -0.39 is 0 Å². The second kappa shape index (κ2) is 6.61. The normalized spacial score (nSPS) is 25.9. The van der Waals surface area contributed by atoms with Gasteiger partial charge in [0.1, 0.15) is 6.04 Å². The number of likely N-dealkylation sites (tertiary alicyclic amines) is 1. The van der Waals surface area contributed by atoms with Crippen molar-refractivity contribution in [1.82, 2.24) is 15.5 Å². The molecule has 0 aromatic rings. The maximum atomic E-state index is 12.1. The maximum absolute atomic E-state index is 12.1. The summed E-state index contributed by atoms with van der Waals surface area (Å²) in [6, 6.07) is -0.415. The standard InChI is InChI=1S/C13H23N3O2/c17-12-11(7-3-4-8-14-12)15-13(18)16-9-5-1-2-6-10-16/h11H,1-10H2,(H,14,17)(H,15,18)/t11-/m0/s1. The number of hydrogen-bond acceptors (Lipinski definition) is 2. The molecule has 5 nitrogen and oxygen atoms in total. The summed E-state index contributed by atoms with van der Waals surface area (Å²) in [6.07, 6.45) is 7.30. The lowest BCUT2D eigenvalue weighted by molar-refractivity contribution is -0.122. The Morgan fingerprint density at radius 2 is 1.83 bits per heavy atom.